The number of aromatic nitrogens is 2. The lowest BCUT2D eigenvalue weighted by atomic mass is 9.92. The zero-order valence-electron chi connectivity index (χ0n) is 24.6. The van der Waals surface area contributed by atoms with Crippen LogP contribution in [0.5, 0.6) is 0 Å². The number of hydrogen-bond acceptors (Lipinski definition) is 1. The Hall–Kier alpha value is -5.99. The smallest absolute Gasteiger partial charge is 0.102 e. The molecule has 2 heteroatoms. The molecule has 0 fully saturated rings. The number of hydrogen-bond donors (Lipinski definition) is 0. The molecule has 2 heterocycles. The lowest BCUT2D eigenvalue weighted by Gasteiger charge is -2.15. The first-order valence-electron chi connectivity index (χ1n) is 15.4. The minimum atomic E-state index is 0.984. The highest BCUT2D eigenvalue weighted by Gasteiger charge is 2.23. The monoisotopic (exact) mass is 572 g/mol. The highest BCUT2D eigenvalue weighted by molar-refractivity contribution is 6.11. The predicted octanol–water partition coefficient (Wildman–Crippen LogP) is 11.5. The summed E-state index contributed by atoms with van der Waals surface area (Å²) in [6, 6.07) is 60.9. The van der Waals surface area contributed by atoms with Gasteiger partial charge in [0, 0.05) is 22.1 Å². The molecule has 0 N–H and O–H groups in total. The van der Waals surface area contributed by atoms with Gasteiger partial charge in [-0.25, -0.2) is 4.52 Å². The van der Waals surface area contributed by atoms with Gasteiger partial charge >= 0.3 is 0 Å². The SMILES string of the molecule is c1ccc(-c2cc3ccccc3cc2-c2cc3ccccc3c3c(-c4ccccc4)c(-c4cccc5ccccc45)nn23)cc1. The number of fused-ring (bicyclic) bond motifs is 5. The Kier molecular flexibility index (Phi) is 5.85. The molecule has 45 heavy (non-hydrogen) atoms. The molecular weight excluding hydrogens is 544 g/mol. The van der Waals surface area contributed by atoms with Crippen LogP contribution in [0, 0.1) is 0 Å². The van der Waals surface area contributed by atoms with Crippen molar-refractivity contribution in [2.45, 2.75) is 0 Å². The fourth-order valence-electron chi connectivity index (χ4n) is 6.89. The largest absolute Gasteiger partial charge is 0.231 e. The van der Waals surface area contributed by atoms with Crippen molar-refractivity contribution >= 4 is 37.8 Å². The van der Waals surface area contributed by atoms with E-state index in [1.54, 1.807) is 0 Å². The number of pyridine rings is 1. The molecule has 0 radical (unpaired) electrons. The second-order valence-corrected chi connectivity index (χ2v) is 11.6. The second-order valence-electron chi connectivity index (χ2n) is 11.6. The van der Waals surface area contributed by atoms with Crippen LogP contribution in [0.1, 0.15) is 0 Å². The van der Waals surface area contributed by atoms with E-state index < -0.39 is 0 Å². The predicted molar refractivity (Wildman–Crippen MR) is 189 cm³/mol. The van der Waals surface area contributed by atoms with Gasteiger partial charge in [-0.1, -0.05) is 152 Å². The van der Waals surface area contributed by atoms with E-state index in [4.69, 9.17) is 5.10 Å². The maximum absolute atomic E-state index is 5.57. The average Bonchev–Trinajstić information content (AvgIpc) is 3.52. The molecule has 0 bridgehead atoms. The molecule has 0 atom stereocenters. The Bertz CT molecular complexity index is 2520. The highest BCUT2D eigenvalue weighted by Crippen LogP contribution is 2.44. The first kappa shape index (κ1) is 25.5. The molecule has 0 unspecified atom stereocenters. The summed E-state index contributed by atoms with van der Waals surface area (Å²) < 4.78 is 2.21. The van der Waals surface area contributed by atoms with Crippen molar-refractivity contribution in [1.29, 1.82) is 0 Å². The van der Waals surface area contributed by atoms with E-state index >= 15 is 0 Å². The molecule has 0 amide bonds. The van der Waals surface area contributed by atoms with Gasteiger partial charge < -0.3 is 0 Å². The summed E-state index contributed by atoms with van der Waals surface area (Å²) in [4.78, 5) is 0. The van der Waals surface area contributed by atoms with E-state index in [0.717, 1.165) is 39.2 Å². The van der Waals surface area contributed by atoms with Gasteiger partial charge in [-0.15, -0.1) is 0 Å². The van der Waals surface area contributed by atoms with Crippen LogP contribution in [-0.2, 0) is 0 Å². The Morgan fingerprint density at radius 2 is 0.933 bits per heavy atom. The summed E-state index contributed by atoms with van der Waals surface area (Å²) in [5.41, 5.74) is 10.1. The summed E-state index contributed by atoms with van der Waals surface area (Å²) in [5.74, 6) is 0. The van der Waals surface area contributed by atoms with Crippen molar-refractivity contribution < 1.29 is 0 Å². The standard InChI is InChI=1S/C43H28N2/c1-3-14-30(15-4-1)38-26-32-19-7-8-20-33(32)27-39(38)40-28-34-21-10-12-24-36(34)43-41(31-17-5-2-6-18-31)42(44-45(40)43)37-25-13-22-29-16-9-11-23-35(29)37/h1-28H. The normalized spacial score (nSPS) is 11.6. The molecule has 0 aliphatic rings. The quantitative estimate of drug-likeness (QED) is 0.205. The van der Waals surface area contributed by atoms with Gasteiger partial charge in [-0.2, -0.15) is 5.10 Å². The third-order valence-corrected chi connectivity index (χ3v) is 8.98. The number of nitrogens with zero attached hydrogens (tertiary/aromatic N) is 2. The molecule has 0 aliphatic heterocycles. The summed E-state index contributed by atoms with van der Waals surface area (Å²) in [6.45, 7) is 0. The summed E-state index contributed by atoms with van der Waals surface area (Å²) >= 11 is 0. The number of rotatable bonds is 4. The Labute approximate surface area is 261 Å². The van der Waals surface area contributed by atoms with Crippen LogP contribution in [-0.4, -0.2) is 9.61 Å². The topological polar surface area (TPSA) is 17.3 Å². The minimum Gasteiger partial charge on any atom is -0.231 e. The molecule has 9 aromatic rings. The molecule has 210 valence electrons. The van der Waals surface area contributed by atoms with Crippen LogP contribution in [0.3, 0.4) is 0 Å². The van der Waals surface area contributed by atoms with Crippen LogP contribution >= 0.6 is 0 Å². The third kappa shape index (κ3) is 4.15. The van der Waals surface area contributed by atoms with Gasteiger partial charge in [-0.3, -0.25) is 0 Å². The van der Waals surface area contributed by atoms with E-state index in [0.29, 0.717) is 0 Å². The van der Waals surface area contributed by atoms with E-state index in [1.165, 1.54) is 43.4 Å². The van der Waals surface area contributed by atoms with Gasteiger partial charge in [0.15, 0.2) is 0 Å². The van der Waals surface area contributed by atoms with Gasteiger partial charge in [0.1, 0.15) is 5.69 Å². The van der Waals surface area contributed by atoms with Gasteiger partial charge in [0.25, 0.3) is 0 Å². The molecule has 0 spiro atoms. The summed E-state index contributed by atoms with van der Waals surface area (Å²) in [6.07, 6.45) is 0. The maximum atomic E-state index is 5.57. The molecular formula is C43H28N2. The van der Waals surface area contributed by atoms with Gasteiger partial charge in [0.05, 0.1) is 11.2 Å². The Morgan fingerprint density at radius 1 is 0.378 bits per heavy atom. The van der Waals surface area contributed by atoms with Gasteiger partial charge in [-0.05, 0) is 61.8 Å². The molecule has 2 aromatic heterocycles. The van der Waals surface area contributed by atoms with E-state index in [1.807, 2.05) is 0 Å². The lowest BCUT2D eigenvalue weighted by Crippen LogP contribution is -1.98. The van der Waals surface area contributed by atoms with Crippen LogP contribution in [0.2, 0.25) is 0 Å². The van der Waals surface area contributed by atoms with Crippen molar-refractivity contribution in [2.75, 3.05) is 0 Å². The van der Waals surface area contributed by atoms with E-state index in [9.17, 15) is 0 Å². The van der Waals surface area contributed by atoms with Crippen molar-refractivity contribution in [3.8, 4) is 44.8 Å². The van der Waals surface area contributed by atoms with Crippen molar-refractivity contribution in [3.63, 3.8) is 0 Å². The summed E-state index contributed by atoms with van der Waals surface area (Å²) in [5, 5.41) is 12.8. The first-order chi connectivity index (χ1) is 22.3. The van der Waals surface area contributed by atoms with Crippen molar-refractivity contribution in [2.24, 2.45) is 0 Å². The highest BCUT2D eigenvalue weighted by atomic mass is 15.2. The van der Waals surface area contributed by atoms with Crippen LogP contribution in [0.25, 0.3) is 82.6 Å². The zero-order chi connectivity index (χ0) is 29.7. The Morgan fingerprint density at radius 3 is 1.67 bits per heavy atom. The average molecular weight is 573 g/mol. The first-order valence-corrected chi connectivity index (χ1v) is 15.4. The van der Waals surface area contributed by atoms with Gasteiger partial charge in [0.2, 0.25) is 0 Å². The Balaban J connectivity index is 1.47. The van der Waals surface area contributed by atoms with Crippen molar-refractivity contribution in [3.05, 3.63) is 170 Å². The zero-order valence-corrected chi connectivity index (χ0v) is 24.6. The maximum Gasteiger partial charge on any atom is 0.102 e. The molecule has 0 saturated carbocycles. The van der Waals surface area contributed by atoms with E-state index in [-0.39, 0.29) is 0 Å². The van der Waals surface area contributed by atoms with Crippen LogP contribution in [0.4, 0.5) is 0 Å². The number of benzene rings is 7. The van der Waals surface area contributed by atoms with Crippen LogP contribution in [0.15, 0.2) is 170 Å². The fraction of sp³-hybridized carbons (Fsp3) is 0. The molecule has 9 rings (SSSR count). The third-order valence-electron chi connectivity index (χ3n) is 8.98. The molecule has 0 saturated heterocycles. The molecule has 2 nitrogen and oxygen atoms in total. The summed E-state index contributed by atoms with van der Waals surface area (Å²) in [7, 11) is 0. The van der Waals surface area contributed by atoms with Crippen LogP contribution < -0.4 is 0 Å². The minimum absolute atomic E-state index is 0.984. The molecule has 0 aliphatic carbocycles. The fourth-order valence-corrected chi connectivity index (χ4v) is 6.89. The van der Waals surface area contributed by atoms with E-state index in [2.05, 4.69) is 174 Å². The lowest BCUT2D eigenvalue weighted by molar-refractivity contribution is 0.981. The second kappa shape index (κ2) is 10.3. The van der Waals surface area contributed by atoms with Crippen molar-refractivity contribution in [1.82, 2.24) is 9.61 Å². The molecule has 7 aromatic carbocycles.